The first kappa shape index (κ1) is 11.6. The Morgan fingerprint density at radius 3 is 2.53 bits per heavy atom. The van der Waals surface area contributed by atoms with E-state index in [1.54, 1.807) is 26.4 Å². The minimum Gasteiger partial charge on any atom is -0.493 e. The molecule has 1 aromatic heterocycles. The van der Waals surface area contributed by atoms with E-state index in [0.29, 0.717) is 22.3 Å². The molecular weight excluding hydrogens is 242 g/mol. The first-order valence-electron chi connectivity index (χ1n) is 4.82. The molecule has 0 saturated heterocycles. The van der Waals surface area contributed by atoms with Crippen molar-refractivity contribution in [1.82, 2.24) is 15.2 Å². The van der Waals surface area contributed by atoms with Gasteiger partial charge in [0.15, 0.2) is 16.7 Å². The molecule has 0 amide bonds. The SMILES string of the molecule is COc1ccc(-c2nncnc2Cl)cc1OC. The Labute approximate surface area is 103 Å². The molecule has 17 heavy (non-hydrogen) atoms. The van der Waals surface area contributed by atoms with Crippen LogP contribution in [0.5, 0.6) is 11.5 Å². The molecule has 0 aliphatic rings. The molecule has 0 aliphatic heterocycles. The highest BCUT2D eigenvalue weighted by Crippen LogP contribution is 2.32. The van der Waals surface area contributed by atoms with Gasteiger partial charge in [0, 0.05) is 5.56 Å². The van der Waals surface area contributed by atoms with E-state index in [-0.39, 0.29) is 0 Å². The van der Waals surface area contributed by atoms with Crippen LogP contribution in [0.3, 0.4) is 0 Å². The molecule has 2 aromatic rings. The summed E-state index contributed by atoms with van der Waals surface area (Å²) in [7, 11) is 3.15. The second kappa shape index (κ2) is 4.97. The molecule has 0 radical (unpaired) electrons. The van der Waals surface area contributed by atoms with Crippen molar-refractivity contribution >= 4 is 11.6 Å². The van der Waals surface area contributed by atoms with Gasteiger partial charge >= 0.3 is 0 Å². The molecule has 5 nitrogen and oxygen atoms in total. The Balaban J connectivity index is 2.50. The van der Waals surface area contributed by atoms with Crippen molar-refractivity contribution in [2.24, 2.45) is 0 Å². The standard InChI is InChI=1S/C11H10ClN3O2/c1-16-8-4-3-7(5-9(8)17-2)10-11(12)13-6-14-15-10/h3-6H,1-2H3. The van der Waals surface area contributed by atoms with Crippen molar-refractivity contribution in [2.75, 3.05) is 14.2 Å². The van der Waals surface area contributed by atoms with Crippen molar-refractivity contribution in [1.29, 1.82) is 0 Å². The Hall–Kier alpha value is -1.88. The number of rotatable bonds is 3. The summed E-state index contributed by atoms with van der Waals surface area (Å²) in [6.45, 7) is 0. The fourth-order valence-corrected chi connectivity index (χ4v) is 1.61. The molecule has 0 atom stereocenters. The fraction of sp³-hybridized carbons (Fsp3) is 0.182. The van der Waals surface area contributed by atoms with Gasteiger partial charge in [0.1, 0.15) is 12.0 Å². The van der Waals surface area contributed by atoms with Gasteiger partial charge in [-0.25, -0.2) is 4.98 Å². The first-order chi connectivity index (χ1) is 8.26. The maximum atomic E-state index is 5.94. The minimum absolute atomic E-state index is 0.298. The van der Waals surface area contributed by atoms with E-state index in [1.165, 1.54) is 6.33 Å². The van der Waals surface area contributed by atoms with Gasteiger partial charge < -0.3 is 9.47 Å². The summed E-state index contributed by atoms with van der Waals surface area (Å²) in [6.07, 6.45) is 1.30. The highest BCUT2D eigenvalue weighted by molar-refractivity contribution is 6.31. The summed E-state index contributed by atoms with van der Waals surface area (Å²) in [5, 5.41) is 7.94. The van der Waals surface area contributed by atoms with Crippen LogP contribution in [-0.4, -0.2) is 29.4 Å². The molecule has 2 rings (SSSR count). The van der Waals surface area contributed by atoms with E-state index in [4.69, 9.17) is 21.1 Å². The highest BCUT2D eigenvalue weighted by Gasteiger charge is 2.10. The molecule has 0 aliphatic carbocycles. The van der Waals surface area contributed by atoms with E-state index >= 15 is 0 Å². The third-order valence-corrected chi connectivity index (χ3v) is 2.51. The lowest BCUT2D eigenvalue weighted by Crippen LogP contribution is -1.94. The lowest BCUT2D eigenvalue weighted by Gasteiger charge is -2.09. The summed E-state index contributed by atoms with van der Waals surface area (Å²) in [4.78, 5) is 3.87. The highest BCUT2D eigenvalue weighted by atomic mass is 35.5. The molecule has 0 fully saturated rings. The number of hydrogen-bond donors (Lipinski definition) is 0. The Morgan fingerprint density at radius 2 is 1.88 bits per heavy atom. The summed E-state index contributed by atoms with van der Waals surface area (Å²) < 4.78 is 10.3. The molecule has 1 heterocycles. The number of nitrogens with zero attached hydrogens (tertiary/aromatic N) is 3. The topological polar surface area (TPSA) is 57.1 Å². The van der Waals surface area contributed by atoms with Crippen molar-refractivity contribution in [2.45, 2.75) is 0 Å². The molecule has 0 N–H and O–H groups in total. The molecule has 0 unspecified atom stereocenters. The van der Waals surface area contributed by atoms with Gasteiger partial charge in [0.25, 0.3) is 0 Å². The van der Waals surface area contributed by atoms with E-state index in [0.717, 1.165) is 5.56 Å². The van der Waals surface area contributed by atoms with Crippen molar-refractivity contribution in [3.63, 3.8) is 0 Å². The third-order valence-electron chi connectivity index (χ3n) is 2.23. The van der Waals surface area contributed by atoms with Crippen LogP contribution in [0.1, 0.15) is 0 Å². The number of halogens is 1. The van der Waals surface area contributed by atoms with Gasteiger partial charge in [0.2, 0.25) is 0 Å². The maximum Gasteiger partial charge on any atom is 0.161 e. The van der Waals surface area contributed by atoms with Gasteiger partial charge in [-0.2, -0.15) is 0 Å². The van der Waals surface area contributed by atoms with Crippen molar-refractivity contribution in [3.8, 4) is 22.8 Å². The molecule has 0 spiro atoms. The molecule has 0 bridgehead atoms. The fourth-order valence-electron chi connectivity index (χ4n) is 1.42. The summed E-state index contributed by atoms with van der Waals surface area (Å²) in [5.41, 5.74) is 1.28. The van der Waals surface area contributed by atoms with Crippen LogP contribution in [-0.2, 0) is 0 Å². The first-order valence-corrected chi connectivity index (χ1v) is 5.19. The molecule has 1 aromatic carbocycles. The number of ether oxygens (including phenoxy) is 2. The molecule has 88 valence electrons. The zero-order valence-electron chi connectivity index (χ0n) is 9.35. The van der Waals surface area contributed by atoms with Crippen LogP contribution in [0.15, 0.2) is 24.5 Å². The molecule has 0 saturated carbocycles. The van der Waals surface area contributed by atoms with Gasteiger partial charge in [-0.1, -0.05) is 11.6 Å². The Bertz CT molecular complexity index is 534. The maximum absolute atomic E-state index is 5.94. The monoisotopic (exact) mass is 251 g/mol. The minimum atomic E-state index is 0.298. The van der Waals surface area contributed by atoms with Crippen LogP contribution < -0.4 is 9.47 Å². The normalized spacial score (nSPS) is 10.1. The van der Waals surface area contributed by atoms with Crippen molar-refractivity contribution in [3.05, 3.63) is 29.7 Å². The second-order valence-electron chi connectivity index (χ2n) is 3.17. The van der Waals surface area contributed by atoms with E-state index in [2.05, 4.69) is 15.2 Å². The second-order valence-corrected chi connectivity index (χ2v) is 3.53. The Kier molecular flexibility index (Phi) is 3.39. The van der Waals surface area contributed by atoms with E-state index < -0.39 is 0 Å². The molecular formula is C11H10ClN3O2. The van der Waals surface area contributed by atoms with Crippen molar-refractivity contribution < 1.29 is 9.47 Å². The summed E-state index contributed by atoms with van der Waals surface area (Å²) in [6, 6.07) is 5.37. The number of hydrogen-bond acceptors (Lipinski definition) is 5. The smallest absolute Gasteiger partial charge is 0.161 e. The zero-order chi connectivity index (χ0) is 12.3. The third kappa shape index (κ3) is 2.29. The van der Waals surface area contributed by atoms with E-state index in [9.17, 15) is 0 Å². The van der Waals surface area contributed by atoms with Crippen LogP contribution in [0, 0.1) is 0 Å². The number of aromatic nitrogens is 3. The predicted octanol–water partition coefficient (Wildman–Crippen LogP) is 2.21. The van der Waals surface area contributed by atoms with Gasteiger partial charge in [0.05, 0.1) is 14.2 Å². The summed E-state index contributed by atoms with van der Waals surface area (Å²) in [5.74, 6) is 1.25. The average molecular weight is 252 g/mol. The average Bonchev–Trinajstić information content (AvgIpc) is 2.38. The van der Waals surface area contributed by atoms with Crippen LogP contribution in [0.25, 0.3) is 11.3 Å². The predicted molar refractivity (Wildman–Crippen MR) is 63.4 cm³/mol. The quantitative estimate of drug-likeness (QED) is 0.837. The van der Waals surface area contributed by atoms with Crippen LogP contribution >= 0.6 is 11.6 Å². The lowest BCUT2D eigenvalue weighted by molar-refractivity contribution is 0.355. The zero-order valence-corrected chi connectivity index (χ0v) is 10.1. The lowest BCUT2D eigenvalue weighted by atomic mass is 10.1. The molecule has 6 heteroatoms. The van der Waals surface area contributed by atoms with Crippen LogP contribution in [0.4, 0.5) is 0 Å². The van der Waals surface area contributed by atoms with E-state index in [1.807, 2.05) is 6.07 Å². The Morgan fingerprint density at radius 1 is 1.12 bits per heavy atom. The largest absolute Gasteiger partial charge is 0.493 e. The van der Waals surface area contributed by atoms with Gasteiger partial charge in [-0.15, -0.1) is 10.2 Å². The summed E-state index contributed by atoms with van der Waals surface area (Å²) >= 11 is 5.94. The number of benzene rings is 1. The number of methoxy groups -OCH3 is 2. The van der Waals surface area contributed by atoms with Crippen LogP contribution in [0.2, 0.25) is 5.15 Å². The van der Waals surface area contributed by atoms with Gasteiger partial charge in [-0.05, 0) is 18.2 Å². The van der Waals surface area contributed by atoms with Gasteiger partial charge in [-0.3, -0.25) is 0 Å².